The number of nitrogens with one attached hydrogen (secondary N) is 2. The fourth-order valence-electron chi connectivity index (χ4n) is 3.62. The quantitative estimate of drug-likeness (QED) is 0.728. The molecule has 0 radical (unpaired) electrons. The van der Waals surface area contributed by atoms with E-state index in [1.165, 1.54) is 11.4 Å². The second-order valence-electron chi connectivity index (χ2n) is 6.40. The Hall–Kier alpha value is -2.33. The highest BCUT2D eigenvalue weighted by Gasteiger charge is 2.25. The van der Waals surface area contributed by atoms with Crippen LogP contribution in [0.15, 0.2) is 36.5 Å². The van der Waals surface area contributed by atoms with Gasteiger partial charge in [0.05, 0.1) is 6.04 Å². The molecule has 23 heavy (non-hydrogen) atoms. The Balaban J connectivity index is 1.82. The molecule has 2 N–H and O–H groups in total. The smallest absolute Gasteiger partial charge is 0.181 e. The maximum absolute atomic E-state index is 12.8. The monoisotopic (exact) mass is 307 g/mol. The van der Waals surface area contributed by atoms with Crippen LogP contribution >= 0.6 is 0 Å². The summed E-state index contributed by atoms with van der Waals surface area (Å²) in [5.41, 5.74) is 5.30. The van der Waals surface area contributed by atoms with Gasteiger partial charge in [-0.1, -0.05) is 0 Å². The average Bonchev–Trinajstić information content (AvgIpc) is 3.26. The van der Waals surface area contributed by atoms with Crippen LogP contribution in [0.1, 0.15) is 34.6 Å². The summed E-state index contributed by atoms with van der Waals surface area (Å²) in [5, 5.41) is 4.31. The molecule has 1 atom stereocenters. The maximum Gasteiger partial charge on any atom is 0.181 e. The lowest BCUT2D eigenvalue weighted by Gasteiger charge is -2.11. The SMILES string of the molecule is Cc1ccc(C)n1-c1ccc2[nH]cc(C(=O)[C@@H]3CCCN3)c2c1. The molecule has 2 aromatic heterocycles. The van der Waals surface area contributed by atoms with E-state index in [1.54, 1.807) is 0 Å². The van der Waals surface area contributed by atoms with Crippen molar-refractivity contribution in [3.63, 3.8) is 0 Å². The number of benzene rings is 1. The number of hydrogen-bond donors (Lipinski definition) is 2. The van der Waals surface area contributed by atoms with Gasteiger partial charge in [-0.05, 0) is 63.6 Å². The third-order valence-electron chi connectivity index (χ3n) is 4.84. The minimum Gasteiger partial charge on any atom is -0.360 e. The van der Waals surface area contributed by atoms with E-state index in [4.69, 9.17) is 0 Å². The van der Waals surface area contributed by atoms with E-state index < -0.39 is 0 Å². The molecular weight excluding hydrogens is 286 g/mol. The molecule has 0 spiro atoms. The molecule has 0 saturated carbocycles. The number of fused-ring (bicyclic) bond motifs is 1. The lowest BCUT2D eigenvalue weighted by atomic mass is 10.0. The van der Waals surface area contributed by atoms with Crippen LogP contribution in [0.2, 0.25) is 0 Å². The van der Waals surface area contributed by atoms with E-state index >= 15 is 0 Å². The van der Waals surface area contributed by atoms with Crippen LogP contribution in [-0.2, 0) is 0 Å². The lowest BCUT2D eigenvalue weighted by molar-refractivity contribution is 0.0954. The molecule has 0 aliphatic carbocycles. The summed E-state index contributed by atoms with van der Waals surface area (Å²) in [6.45, 7) is 5.14. The first kappa shape index (κ1) is 14.3. The van der Waals surface area contributed by atoms with Gasteiger partial charge in [-0.25, -0.2) is 0 Å². The van der Waals surface area contributed by atoms with Crippen LogP contribution in [-0.4, -0.2) is 27.9 Å². The van der Waals surface area contributed by atoms with Crippen molar-refractivity contribution in [2.75, 3.05) is 6.54 Å². The fourth-order valence-corrected chi connectivity index (χ4v) is 3.62. The van der Waals surface area contributed by atoms with Crippen molar-refractivity contribution in [3.8, 4) is 5.69 Å². The average molecular weight is 307 g/mol. The van der Waals surface area contributed by atoms with Crippen molar-refractivity contribution in [2.24, 2.45) is 0 Å². The molecule has 1 aromatic carbocycles. The molecule has 4 nitrogen and oxygen atoms in total. The first-order valence-corrected chi connectivity index (χ1v) is 8.19. The number of nitrogens with zero attached hydrogens (tertiary/aromatic N) is 1. The number of carbonyl (C=O) groups is 1. The predicted octanol–water partition coefficient (Wildman–Crippen LogP) is 3.51. The highest BCUT2D eigenvalue weighted by Crippen LogP contribution is 2.26. The van der Waals surface area contributed by atoms with Gasteiger partial charge in [-0.2, -0.15) is 0 Å². The van der Waals surface area contributed by atoms with Gasteiger partial charge in [0.1, 0.15) is 0 Å². The van der Waals surface area contributed by atoms with Crippen molar-refractivity contribution in [2.45, 2.75) is 32.7 Å². The normalized spacial score (nSPS) is 17.9. The Morgan fingerprint density at radius 3 is 2.65 bits per heavy atom. The first-order valence-electron chi connectivity index (χ1n) is 8.19. The van der Waals surface area contributed by atoms with E-state index in [1.807, 2.05) is 6.20 Å². The van der Waals surface area contributed by atoms with Crippen LogP contribution in [0.3, 0.4) is 0 Å². The Morgan fingerprint density at radius 1 is 1.17 bits per heavy atom. The van der Waals surface area contributed by atoms with Crippen LogP contribution < -0.4 is 5.32 Å². The van der Waals surface area contributed by atoms with Crippen molar-refractivity contribution >= 4 is 16.7 Å². The fraction of sp³-hybridized carbons (Fsp3) is 0.316. The maximum atomic E-state index is 12.8. The van der Waals surface area contributed by atoms with E-state index in [-0.39, 0.29) is 11.8 Å². The number of aryl methyl sites for hydroxylation is 2. The third-order valence-corrected chi connectivity index (χ3v) is 4.84. The summed E-state index contributed by atoms with van der Waals surface area (Å²) < 4.78 is 2.22. The lowest BCUT2D eigenvalue weighted by Crippen LogP contribution is -2.30. The number of ketones is 1. The van der Waals surface area contributed by atoms with Gasteiger partial charge in [-0.3, -0.25) is 4.79 Å². The van der Waals surface area contributed by atoms with Gasteiger partial charge < -0.3 is 14.9 Å². The molecule has 1 fully saturated rings. The molecule has 0 amide bonds. The Labute approximate surface area is 135 Å². The van der Waals surface area contributed by atoms with E-state index in [9.17, 15) is 4.79 Å². The van der Waals surface area contributed by atoms with Gasteiger partial charge in [0.25, 0.3) is 0 Å². The second kappa shape index (κ2) is 5.39. The van der Waals surface area contributed by atoms with Crippen molar-refractivity contribution in [1.82, 2.24) is 14.9 Å². The summed E-state index contributed by atoms with van der Waals surface area (Å²) in [4.78, 5) is 16.0. The number of rotatable bonds is 3. The number of Topliss-reactive ketones (excluding diaryl/α,β-unsaturated/α-hetero) is 1. The highest BCUT2D eigenvalue weighted by atomic mass is 16.1. The van der Waals surface area contributed by atoms with Crippen molar-refractivity contribution < 1.29 is 4.79 Å². The van der Waals surface area contributed by atoms with Crippen LogP contribution in [0, 0.1) is 13.8 Å². The summed E-state index contributed by atoms with van der Waals surface area (Å²) in [5.74, 6) is 0.201. The standard InChI is InChI=1S/C19H21N3O/c1-12-5-6-13(2)22(12)14-7-8-17-15(10-14)16(11-21-17)19(23)18-4-3-9-20-18/h5-8,10-11,18,20-21H,3-4,9H2,1-2H3/t18-/m0/s1. The number of H-pyrrole nitrogens is 1. The summed E-state index contributed by atoms with van der Waals surface area (Å²) in [6.07, 6.45) is 3.86. The van der Waals surface area contributed by atoms with E-state index in [2.05, 4.69) is 59.0 Å². The molecule has 1 aliphatic rings. The minimum atomic E-state index is -0.0345. The van der Waals surface area contributed by atoms with Crippen LogP contribution in [0.5, 0.6) is 0 Å². The van der Waals surface area contributed by atoms with Crippen molar-refractivity contribution in [1.29, 1.82) is 0 Å². The predicted molar refractivity (Wildman–Crippen MR) is 92.5 cm³/mol. The molecule has 1 aliphatic heterocycles. The van der Waals surface area contributed by atoms with Gasteiger partial charge >= 0.3 is 0 Å². The third kappa shape index (κ3) is 2.30. The molecule has 4 heteroatoms. The summed E-state index contributed by atoms with van der Waals surface area (Å²) >= 11 is 0. The zero-order valence-electron chi connectivity index (χ0n) is 13.5. The molecule has 3 aromatic rings. The van der Waals surface area contributed by atoms with E-state index in [0.29, 0.717) is 0 Å². The van der Waals surface area contributed by atoms with Crippen LogP contribution in [0.25, 0.3) is 16.6 Å². The number of aromatic amines is 1. The highest BCUT2D eigenvalue weighted by molar-refractivity contribution is 6.10. The molecule has 3 heterocycles. The summed E-state index contributed by atoms with van der Waals surface area (Å²) in [6, 6.07) is 10.5. The minimum absolute atomic E-state index is 0.0345. The molecule has 0 bridgehead atoms. The summed E-state index contributed by atoms with van der Waals surface area (Å²) in [7, 11) is 0. The molecule has 118 valence electrons. The Morgan fingerprint density at radius 2 is 1.96 bits per heavy atom. The van der Waals surface area contributed by atoms with Gasteiger partial charge in [-0.15, -0.1) is 0 Å². The number of hydrogen-bond acceptors (Lipinski definition) is 2. The molecule has 0 unspecified atom stereocenters. The zero-order valence-corrected chi connectivity index (χ0v) is 13.5. The largest absolute Gasteiger partial charge is 0.360 e. The number of aromatic nitrogens is 2. The van der Waals surface area contributed by atoms with Gasteiger partial charge in [0.15, 0.2) is 5.78 Å². The number of carbonyl (C=O) groups excluding carboxylic acids is 1. The van der Waals surface area contributed by atoms with Crippen molar-refractivity contribution in [3.05, 3.63) is 53.5 Å². The van der Waals surface area contributed by atoms with Gasteiger partial charge in [0.2, 0.25) is 0 Å². The Bertz CT molecular complexity index is 862. The first-order chi connectivity index (χ1) is 11.1. The zero-order chi connectivity index (χ0) is 16.0. The van der Waals surface area contributed by atoms with Gasteiger partial charge in [0, 0.05) is 39.7 Å². The van der Waals surface area contributed by atoms with Crippen LogP contribution in [0.4, 0.5) is 0 Å². The topological polar surface area (TPSA) is 49.8 Å². The molecular formula is C19H21N3O. The second-order valence-corrected chi connectivity index (χ2v) is 6.40. The molecule has 1 saturated heterocycles. The van der Waals surface area contributed by atoms with E-state index in [0.717, 1.165) is 41.5 Å². The molecule has 4 rings (SSSR count). The Kier molecular flexibility index (Phi) is 3.34.